The first-order valence-corrected chi connectivity index (χ1v) is 9.82. The third-order valence-electron chi connectivity index (χ3n) is 5.31. The molecule has 2 aromatic rings. The van der Waals surface area contributed by atoms with Gasteiger partial charge in [0.15, 0.2) is 0 Å². The van der Waals surface area contributed by atoms with Crippen LogP contribution in [0.2, 0.25) is 0 Å². The van der Waals surface area contributed by atoms with Crippen molar-refractivity contribution in [3.05, 3.63) is 47.8 Å². The second-order valence-corrected chi connectivity index (χ2v) is 7.30. The summed E-state index contributed by atoms with van der Waals surface area (Å²) in [6.45, 7) is -0.276. The number of carbonyl (C=O) groups excluding carboxylic acids is 3. The molecule has 0 atom stereocenters. The van der Waals surface area contributed by atoms with Gasteiger partial charge in [-0.05, 0) is 37.8 Å². The van der Waals surface area contributed by atoms with E-state index < -0.39 is 11.8 Å². The van der Waals surface area contributed by atoms with Gasteiger partial charge in [0.25, 0.3) is 11.8 Å². The smallest absolute Gasteiger partial charge is 0.262 e. The van der Waals surface area contributed by atoms with Crippen molar-refractivity contribution < 1.29 is 23.9 Å². The average molecular weight is 410 g/mol. The minimum atomic E-state index is -0.428. The highest BCUT2D eigenvalue weighted by Crippen LogP contribution is 2.24. The minimum absolute atomic E-state index is 0.0178. The number of benzene rings is 1. The van der Waals surface area contributed by atoms with Crippen molar-refractivity contribution in [1.82, 2.24) is 20.2 Å². The Morgan fingerprint density at radius 1 is 1.07 bits per heavy atom. The molecular formula is C21H22N4O5. The second-order valence-electron chi connectivity index (χ2n) is 7.30. The lowest BCUT2D eigenvalue weighted by Gasteiger charge is -2.29. The summed E-state index contributed by atoms with van der Waals surface area (Å²) in [4.78, 5) is 46.4. The monoisotopic (exact) mass is 410 g/mol. The molecule has 156 valence electrons. The predicted octanol–water partition coefficient (Wildman–Crippen LogP) is 1.59. The van der Waals surface area contributed by atoms with Crippen LogP contribution in [0.1, 0.15) is 46.4 Å². The van der Waals surface area contributed by atoms with Gasteiger partial charge in [-0.2, -0.15) is 4.98 Å². The van der Waals surface area contributed by atoms with Crippen LogP contribution < -0.4 is 14.8 Å². The lowest BCUT2D eigenvalue weighted by molar-refractivity contribution is -0.122. The Balaban J connectivity index is 1.26. The van der Waals surface area contributed by atoms with E-state index in [0.29, 0.717) is 22.9 Å². The Hall–Kier alpha value is -3.49. The highest BCUT2D eigenvalue weighted by atomic mass is 16.5. The van der Waals surface area contributed by atoms with Crippen LogP contribution in [0.15, 0.2) is 36.7 Å². The maximum atomic E-state index is 12.4. The Labute approximate surface area is 173 Å². The van der Waals surface area contributed by atoms with E-state index in [-0.39, 0.29) is 24.6 Å². The lowest BCUT2D eigenvalue weighted by atomic mass is 9.93. The van der Waals surface area contributed by atoms with Crippen molar-refractivity contribution in [3.8, 4) is 11.8 Å². The van der Waals surface area contributed by atoms with Crippen molar-refractivity contribution in [3.63, 3.8) is 0 Å². The van der Waals surface area contributed by atoms with E-state index in [0.717, 1.165) is 30.6 Å². The molecule has 1 aliphatic heterocycles. The van der Waals surface area contributed by atoms with Crippen LogP contribution in [0, 0.1) is 0 Å². The number of fused-ring (bicyclic) bond motifs is 1. The van der Waals surface area contributed by atoms with Gasteiger partial charge in [0.1, 0.15) is 12.6 Å². The number of rotatable bonds is 6. The van der Waals surface area contributed by atoms with Gasteiger partial charge in [-0.15, -0.1) is 0 Å². The molecule has 1 aromatic heterocycles. The van der Waals surface area contributed by atoms with Crippen LogP contribution in [-0.4, -0.2) is 58.4 Å². The maximum absolute atomic E-state index is 12.4. The van der Waals surface area contributed by atoms with Crippen LogP contribution in [-0.2, 0) is 4.79 Å². The van der Waals surface area contributed by atoms with E-state index in [1.165, 1.54) is 13.3 Å². The molecule has 1 aromatic carbocycles. The van der Waals surface area contributed by atoms with Gasteiger partial charge >= 0.3 is 0 Å². The molecule has 0 saturated heterocycles. The molecule has 2 aliphatic rings. The summed E-state index contributed by atoms with van der Waals surface area (Å²) < 4.78 is 10.9. The molecule has 1 saturated carbocycles. The SMILES string of the molecule is COc1cncc(OC2CCC(NC(=O)CN3C(=O)c4ccccc4C3=O)CC2)n1. The zero-order valence-electron chi connectivity index (χ0n) is 16.5. The maximum Gasteiger partial charge on any atom is 0.262 e. The molecule has 1 aliphatic carbocycles. The molecule has 2 heterocycles. The standard InChI is InChI=1S/C21H22N4O5/c1-29-18-10-22-11-19(24-18)30-14-8-6-13(7-9-14)23-17(26)12-25-20(27)15-4-2-3-5-16(15)21(25)28/h2-5,10-11,13-14H,6-9,12H2,1H3,(H,23,26). The summed E-state index contributed by atoms with van der Waals surface area (Å²) in [7, 11) is 1.52. The van der Waals surface area contributed by atoms with Crippen molar-refractivity contribution in [2.45, 2.75) is 37.8 Å². The Bertz CT molecular complexity index is 936. The minimum Gasteiger partial charge on any atom is -0.480 e. The highest BCUT2D eigenvalue weighted by Gasteiger charge is 2.36. The van der Waals surface area contributed by atoms with Gasteiger partial charge in [0.2, 0.25) is 17.7 Å². The van der Waals surface area contributed by atoms with E-state index in [9.17, 15) is 14.4 Å². The van der Waals surface area contributed by atoms with Crippen molar-refractivity contribution in [2.24, 2.45) is 0 Å². The summed E-state index contributed by atoms with van der Waals surface area (Å²) >= 11 is 0. The van der Waals surface area contributed by atoms with Crippen molar-refractivity contribution >= 4 is 17.7 Å². The summed E-state index contributed by atoms with van der Waals surface area (Å²) in [6, 6.07) is 6.57. The molecule has 3 amide bonds. The molecule has 1 N–H and O–H groups in total. The fraction of sp³-hybridized carbons (Fsp3) is 0.381. The zero-order chi connectivity index (χ0) is 21.1. The molecule has 0 bridgehead atoms. The number of amides is 3. The third-order valence-corrected chi connectivity index (χ3v) is 5.31. The molecule has 0 radical (unpaired) electrons. The fourth-order valence-electron chi connectivity index (χ4n) is 3.78. The number of ether oxygens (including phenoxy) is 2. The first kappa shape index (κ1) is 19.8. The average Bonchev–Trinajstić information content (AvgIpc) is 3.00. The third kappa shape index (κ3) is 4.10. The van der Waals surface area contributed by atoms with Crippen LogP contribution in [0.3, 0.4) is 0 Å². The van der Waals surface area contributed by atoms with E-state index in [1.54, 1.807) is 30.5 Å². The van der Waals surface area contributed by atoms with Crippen molar-refractivity contribution in [2.75, 3.05) is 13.7 Å². The second kappa shape index (κ2) is 8.48. The molecule has 0 unspecified atom stereocenters. The summed E-state index contributed by atoms with van der Waals surface area (Å²) in [5.74, 6) is -0.397. The van der Waals surface area contributed by atoms with Gasteiger partial charge < -0.3 is 14.8 Å². The van der Waals surface area contributed by atoms with Gasteiger partial charge in [-0.3, -0.25) is 24.3 Å². The highest BCUT2D eigenvalue weighted by molar-refractivity contribution is 6.22. The number of nitrogens with one attached hydrogen (secondary N) is 1. The first-order valence-electron chi connectivity index (χ1n) is 9.82. The van der Waals surface area contributed by atoms with Gasteiger partial charge in [-0.25, -0.2) is 0 Å². The molecule has 1 fully saturated rings. The van der Waals surface area contributed by atoms with E-state index in [2.05, 4.69) is 15.3 Å². The number of methoxy groups -OCH3 is 1. The Kier molecular flexibility index (Phi) is 5.60. The quantitative estimate of drug-likeness (QED) is 0.720. The van der Waals surface area contributed by atoms with E-state index in [4.69, 9.17) is 9.47 Å². The molecule has 4 rings (SSSR count). The summed E-state index contributed by atoms with van der Waals surface area (Å²) in [5, 5.41) is 2.93. The first-order chi connectivity index (χ1) is 14.5. The van der Waals surface area contributed by atoms with Gasteiger partial charge in [0.05, 0.1) is 30.6 Å². The number of carbonyl (C=O) groups is 3. The predicted molar refractivity (Wildman–Crippen MR) is 105 cm³/mol. The van der Waals surface area contributed by atoms with Crippen LogP contribution >= 0.6 is 0 Å². The van der Waals surface area contributed by atoms with Crippen LogP contribution in [0.4, 0.5) is 0 Å². The Morgan fingerprint density at radius 2 is 1.70 bits per heavy atom. The van der Waals surface area contributed by atoms with Crippen molar-refractivity contribution in [1.29, 1.82) is 0 Å². The number of imide groups is 1. The number of hydrogen-bond acceptors (Lipinski definition) is 7. The van der Waals surface area contributed by atoms with Gasteiger partial charge in [0, 0.05) is 6.04 Å². The molecular weight excluding hydrogens is 388 g/mol. The normalized spacial score (nSPS) is 20.6. The molecule has 30 heavy (non-hydrogen) atoms. The summed E-state index contributed by atoms with van der Waals surface area (Å²) in [6.07, 6.45) is 5.99. The number of aromatic nitrogens is 2. The lowest BCUT2D eigenvalue weighted by Crippen LogP contribution is -2.45. The topological polar surface area (TPSA) is 111 Å². The zero-order valence-corrected chi connectivity index (χ0v) is 16.5. The largest absolute Gasteiger partial charge is 0.480 e. The van der Waals surface area contributed by atoms with E-state index in [1.807, 2.05) is 0 Å². The summed E-state index contributed by atoms with van der Waals surface area (Å²) in [5.41, 5.74) is 0.683. The van der Waals surface area contributed by atoms with Crippen LogP contribution in [0.25, 0.3) is 0 Å². The van der Waals surface area contributed by atoms with Crippen LogP contribution in [0.5, 0.6) is 11.8 Å². The Morgan fingerprint density at radius 3 is 2.33 bits per heavy atom. The van der Waals surface area contributed by atoms with Gasteiger partial charge in [-0.1, -0.05) is 12.1 Å². The fourth-order valence-corrected chi connectivity index (χ4v) is 3.78. The number of nitrogens with zero attached hydrogens (tertiary/aromatic N) is 3. The van der Waals surface area contributed by atoms with E-state index >= 15 is 0 Å². The molecule has 9 nitrogen and oxygen atoms in total. The molecule has 0 spiro atoms. The molecule has 9 heteroatoms. The number of hydrogen-bond donors (Lipinski definition) is 1.